The molecule has 0 aromatic carbocycles. The summed E-state index contributed by atoms with van der Waals surface area (Å²) in [7, 11) is 2.02. The Balaban J connectivity index is 4.31. The summed E-state index contributed by atoms with van der Waals surface area (Å²) >= 11 is 0. The van der Waals surface area contributed by atoms with Gasteiger partial charge in [-0.05, 0) is 6.08 Å². The van der Waals surface area contributed by atoms with Crippen molar-refractivity contribution in [1.82, 2.24) is 0 Å². The van der Waals surface area contributed by atoms with Crippen LogP contribution in [0.5, 0.6) is 0 Å². The van der Waals surface area contributed by atoms with Gasteiger partial charge < -0.3 is 21.7 Å². The standard InChI is InChI=1S/C9H14N2O5S2/c1-2-6(12)9(11,8(15)16)4-18-17-3-5(10)7(13)14/h2,5H,1,3-4,10-11H2,(H,13,14)(H,15,16)/t5-,9+/m0/s1. The molecule has 0 amide bonds. The van der Waals surface area contributed by atoms with Gasteiger partial charge in [-0.2, -0.15) is 0 Å². The SMILES string of the molecule is C=CC(=O)[C@](N)(CSSC[C@H](N)C(=O)O)C(=O)O. The lowest BCUT2D eigenvalue weighted by Gasteiger charge is -2.20. The Morgan fingerprint density at radius 3 is 2.28 bits per heavy atom. The topological polar surface area (TPSA) is 144 Å². The quantitative estimate of drug-likeness (QED) is 0.188. The Hall–Kier alpha value is -1.03. The van der Waals surface area contributed by atoms with E-state index >= 15 is 0 Å². The molecule has 0 heterocycles. The number of carbonyl (C=O) groups is 3. The summed E-state index contributed by atoms with van der Waals surface area (Å²) in [5.74, 6) is -3.53. The third kappa shape index (κ3) is 4.69. The predicted octanol–water partition coefficient (Wildman–Crippen LogP) is -0.683. The summed E-state index contributed by atoms with van der Waals surface area (Å²) in [5.41, 5.74) is 8.67. The van der Waals surface area contributed by atoms with Gasteiger partial charge in [-0.15, -0.1) is 0 Å². The Kier molecular flexibility index (Phi) is 6.99. The molecule has 0 saturated carbocycles. The Morgan fingerprint density at radius 1 is 1.33 bits per heavy atom. The number of hydrogen-bond donors (Lipinski definition) is 4. The third-order valence-corrected chi connectivity index (χ3v) is 4.44. The lowest BCUT2D eigenvalue weighted by Crippen LogP contribution is -2.56. The number of ketones is 1. The highest BCUT2D eigenvalue weighted by atomic mass is 33.1. The van der Waals surface area contributed by atoms with Crippen LogP contribution in [0.2, 0.25) is 0 Å². The number of aliphatic carboxylic acids is 2. The summed E-state index contributed by atoms with van der Waals surface area (Å²) in [5, 5.41) is 17.4. The predicted molar refractivity (Wildman–Crippen MR) is 70.3 cm³/mol. The van der Waals surface area contributed by atoms with E-state index in [4.69, 9.17) is 21.7 Å². The van der Waals surface area contributed by atoms with Crippen LogP contribution in [0.1, 0.15) is 0 Å². The van der Waals surface area contributed by atoms with Gasteiger partial charge in [-0.1, -0.05) is 28.2 Å². The van der Waals surface area contributed by atoms with Crippen molar-refractivity contribution in [3.8, 4) is 0 Å². The first-order valence-electron chi connectivity index (χ1n) is 4.67. The zero-order valence-corrected chi connectivity index (χ0v) is 11.0. The maximum atomic E-state index is 11.3. The van der Waals surface area contributed by atoms with Gasteiger partial charge in [-0.25, -0.2) is 4.79 Å². The van der Waals surface area contributed by atoms with Gasteiger partial charge in [0.15, 0.2) is 11.3 Å². The number of nitrogens with two attached hydrogens (primary N) is 2. The van der Waals surface area contributed by atoms with E-state index in [-0.39, 0.29) is 11.5 Å². The molecule has 0 aliphatic carbocycles. The summed E-state index contributed by atoms with van der Waals surface area (Å²) in [6.07, 6.45) is 0.850. The van der Waals surface area contributed by atoms with Crippen LogP contribution in [0.15, 0.2) is 12.7 Å². The van der Waals surface area contributed by atoms with E-state index in [0.717, 1.165) is 27.7 Å². The molecule has 0 aliphatic heterocycles. The highest BCUT2D eigenvalue weighted by molar-refractivity contribution is 8.76. The second-order valence-electron chi connectivity index (χ2n) is 3.34. The first-order valence-corrected chi connectivity index (χ1v) is 7.16. The van der Waals surface area contributed by atoms with Crippen LogP contribution in [0.25, 0.3) is 0 Å². The Bertz CT molecular complexity index is 363. The highest BCUT2D eigenvalue weighted by Crippen LogP contribution is 2.26. The summed E-state index contributed by atoms with van der Waals surface area (Å²) in [6, 6.07) is -1.05. The van der Waals surface area contributed by atoms with Crippen LogP contribution in [0, 0.1) is 0 Å². The lowest BCUT2D eigenvalue weighted by atomic mass is 9.98. The van der Waals surface area contributed by atoms with Crippen LogP contribution in [0.4, 0.5) is 0 Å². The number of carbonyl (C=O) groups excluding carboxylic acids is 1. The average molecular weight is 294 g/mol. The van der Waals surface area contributed by atoms with Crippen molar-refractivity contribution in [1.29, 1.82) is 0 Å². The third-order valence-electron chi connectivity index (χ3n) is 1.94. The molecule has 0 unspecified atom stereocenters. The molecule has 0 fully saturated rings. The molecule has 0 aromatic heterocycles. The molecular formula is C9H14N2O5S2. The van der Waals surface area contributed by atoms with Crippen molar-refractivity contribution in [3.63, 3.8) is 0 Å². The second kappa shape index (κ2) is 7.41. The fraction of sp³-hybridized carbons (Fsp3) is 0.444. The zero-order valence-electron chi connectivity index (χ0n) is 9.37. The van der Waals surface area contributed by atoms with E-state index in [1.807, 2.05) is 0 Å². The van der Waals surface area contributed by atoms with Gasteiger partial charge in [0.2, 0.25) is 0 Å². The van der Waals surface area contributed by atoms with E-state index < -0.39 is 29.3 Å². The van der Waals surface area contributed by atoms with Gasteiger partial charge >= 0.3 is 11.9 Å². The van der Waals surface area contributed by atoms with E-state index in [1.165, 1.54) is 0 Å². The molecular weight excluding hydrogens is 280 g/mol. The molecule has 0 spiro atoms. The smallest absolute Gasteiger partial charge is 0.332 e. The molecule has 9 heteroatoms. The number of hydrogen-bond acceptors (Lipinski definition) is 7. The van der Waals surface area contributed by atoms with Crippen molar-refractivity contribution in [2.75, 3.05) is 11.5 Å². The molecule has 0 saturated heterocycles. The van der Waals surface area contributed by atoms with Gasteiger partial charge in [0.05, 0.1) is 0 Å². The first kappa shape index (κ1) is 17.0. The summed E-state index contributed by atoms with van der Waals surface area (Å²) in [6.45, 7) is 3.18. The molecule has 6 N–H and O–H groups in total. The minimum Gasteiger partial charge on any atom is -0.480 e. The monoisotopic (exact) mass is 294 g/mol. The van der Waals surface area contributed by atoms with E-state index in [1.54, 1.807) is 0 Å². The minimum atomic E-state index is -2.05. The van der Waals surface area contributed by atoms with Crippen LogP contribution in [-0.4, -0.2) is 51.0 Å². The second-order valence-corrected chi connectivity index (χ2v) is 5.84. The Labute approximate surface area is 111 Å². The normalized spacial score (nSPS) is 15.4. The number of carboxylic acid groups (broad SMARTS) is 2. The fourth-order valence-electron chi connectivity index (χ4n) is 0.748. The number of carboxylic acids is 2. The van der Waals surface area contributed by atoms with Crippen molar-refractivity contribution >= 4 is 39.3 Å². The van der Waals surface area contributed by atoms with E-state index in [0.29, 0.717) is 0 Å². The molecule has 0 bridgehead atoms. The fourth-order valence-corrected chi connectivity index (χ4v) is 3.20. The average Bonchev–Trinajstić information content (AvgIpc) is 2.32. The van der Waals surface area contributed by atoms with E-state index in [9.17, 15) is 14.4 Å². The molecule has 0 rings (SSSR count). The molecule has 0 aliphatic rings. The highest BCUT2D eigenvalue weighted by Gasteiger charge is 2.40. The molecule has 0 radical (unpaired) electrons. The van der Waals surface area contributed by atoms with Crippen LogP contribution in [-0.2, 0) is 14.4 Å². The van der Waals surface area contributed by atoms with Gasteiger partial charge in [0, 0.05) is 11.5 Å². The molecule has 0 aromatic rings. The Morgan fingerprint density at radius 2 is 1.89 bits per heavy atom. The van der Waals surface area contributed by atoms with Gasteiger partial charge in [0.1, 0.15) is 6.04 Å². The largest absolute Gasteiger partial charge is 0.480 e. The van der Waals surface area contributed by atoms with Crippen molar-refractivity contribution in [2.45, 2.75) is 11.6 Å². The first-order chi connectivity index (χ1) is 8.25. The maximum absolute atomic E-state index is 11.3. The summed E-state index contributed by atoms with van der Waals surface area (Å²) < 4.78 is 0. The maximum Gasteiger partial charge on any atom is 0.332 e. The van der Waals surface area contributed by atoms with Gasteiger partial charge in [0.25, 0.3) is 0 Å². The minimum absolute atomic E-state index is 0.0813. The molecule has 102 valence electrons. The van der Waals surface area contributed by atoms with Crippen molar-refractivity contribution in [3.05, 3.63) is 12.7 Å². The number of rotatable bonds is 9. The molecule has 7 nitrogen and oxygen atoms in total. The zero-order chi connectivity index (χ0) is 14.3. The van der Waals surface area contributed by atoms with Crippen LogP contribution in [0.3, 0.4) is 0 Å². The lowest BCUT2D eigenvalue weighted by molar-refractivity contribution is -0.146. The van der Waals surface area contributed by atoms with Gasteiger partial charge in [-0.3, -0.25) is 9.59 Å². The van der Waals surface area contributed by atoms with Crippen LogP contribution < -0.4 is 11.5 Å². The van der Waals surface area contributed by atoms with Crippen molar-refractivity contribution < 1.29 is 24.6 Å². The van der Waals surface area contributed by atoms with Crippen molar-refractivity contribution in [2.24, 2.45) is 11.5 Å². The van der Waals surface area contributed by atoms with Crippen LogP contribution >= 0.6 is 21.6 Å². The molecule has 2 atom stereocenters. The van der Waals surface area contributed by atoms with E-state index in [2.05, 4.69) is 6.58 Å². The summed E-state index contributed by atoms with van der Waals surface area (Å²) in [4.78, 5) is 32.7. The molecule has 18 heavy (non-hydrogen) atoms.